The van der Waals surface area contributed by atoms with Crippen LogP contribution in [0.1, 0.15) is 38.5 Å². The van der Waals surface area contributed by atoms with E-state index < -0.39 is 0 Å². The second-order valence-corrected chi connectivity index (χ2v) is 2.90. The maximum absolute atomic E-state index is 4.92. The van der Waals surface area contributed by atoms with Gasteiger partial charge in [0.1, 0.15) is 6.61 Å². The molecule has 0 saturated carbocycles. The molecule has 11 heavy (non-hydrogen) atoms. The fourth-order valence-electron chi connectivity index (χ4n) is 1.18. The summed E-state index contributed by atoms with van der Waals surface area (Å²) in [5.41, 5.74) is 0. The molecule has 0 aromatic carbocycles. The Labute approximate surface area is 67.8 Å². The molecule has 3 heteroatoms. The summed E-state index contributed by atoms with van der Waals surface area (Å²) in [4.78, 5) is 4.92. The van der Waals surface area contributed by atoms with Crippen LogP contribution in [0, 0.1) is 0 Å². The normalized spacial score (nSPS) is 21.8. The van der Waals surface area contributed by atoms with Gasteiger partial charge in [0.25, 0.3) is 0 Å². The van der Waals surface area contributed by atoms with Crippen LogP contribution in [-0.2, 0) is 4.84 Å². The Hall–Kier alpha value is -0.600. The number of rotatable bonds is 0. The molecular formula is C8H16N2O. The Bertz CT molecular complexity index is 103. The van der Waals surface area contributed by atoms with Gasteiger partial charge in [0, 0.05) is 5.28 Å². The SMILES string of the molecule is C1CCCCON=NCCC1. The van der Waals surface area contributed by atoms with Crippen molar-refractivity contribution >= 4 is 0 Å². The Balaban J connectivity index is 2.11. The summed E-state index contributed by atoms with van der Waals surface area (Å²) in [5, 5.41) is 7.48. The van der Waals surface area contributed by atoms with Gasteiger partial charge in [-0.3, -0.25) is 0 Å². The van der Waals surface area contributed by atoms with Gasteiger partial charge in [-0.1, -0.05) is 19.3 Å². The maximum atomic E-state index is 4.92. The molecule has 0 saturated heterocycles. The fourth-order valence-corrected chi connectivity index (χ4v) is 1.18. The molecule has 0 N–H and O–H groups in total. The molecule has 0 aromatic rings. The van der Waals surface area contributed by atoms with E-state index in [-0.39, 0.29) is 0 Å². The molecule has 0 radical (unpaired) electrons. The highest BCUT2D eigenvalue weighted by Crippen LogP contribution is 2.06. The molecule has 1 heterocycles. The Morgan fingerprint density at radius 3 is 2.45 bits per heavy atom. The molecule has 0 atom stereocenters. The van der Waals surface area contributed by atoms with E-state index in [4.69, 9.17) is 4.84 Å². The second-order valence-electron chi connectivity index (χ2n) is 2.90. The van der Waals surface area contributed by atoms with Gasteiger partial charge in [0.15, 0.2) is 0 Å². The molecule has 0 aromatic heterocycles. The lowest BCUT2D eigenvalue weighted by atomic mass is 10.1. The van der Waals surface area contributed by atoms with Crippen LogP contribution in [0.15, 0.2) is 10.4 Å². The van der Waals surface area contributed by atoms with E-state index in [0.717, 1.165) is 26.0 Å². The molecule has 0 spiro atoms. The molecule has 1 aliphatic heterocycles. The third kappa shape index (κ3) is 4.76. The summed E-state index contributed by atoms with van der Waals surface area (Å²) in [7, 11) is 0. The first-order valence-electron chi connectivity index (χ1n) is 4.49. The number of nitrogens with zero attached hydrogens (tertiary/aromatic N) is 2. The molecule has 0 bridgehead atoms. The van der Waals surface area contributed by atoms with E-state index in [1.807, 2.05) is 0 Å². The molecular weight excluding hydrogens is 140 g/mol. The van der Waals surface area contributed by atoms with Gasteiger partial charge >= 0.3 is 0 Å². The van der Waals surface area contributed by atoms with Gasteiger partial charge in [-0.2, -0.15) is 5.11 Å². The highest BCUT2D eigenvalue weighted by atomic mass is 16.6. The average Bonchev–Trinajstić information content (AvgIpc) is 2.08. The summed E-state index contributed by atoms with van der Waals surface area (Å²) in [6, 6.07) is 0. The molecule has 64 valence electrons. The summed E-state index contributed by atoms with van der Waals surface area (Å²) in [6.07, 6.45) is 7.53. The van der Waals surface area contributed by atoms with Crippen molar-refractivity contribution in [3.05, 3.63) is 0 Å². The Morgan fingerprint density at radius 2 is 1.55 bits per heavy atom. The summed E-state index contributed by atoms with van der Waals surface area (Å²) >= 11 is 0. The van der Waals surface area contributed by atoms with E-state index in [2.05, 4.69) is 10.4 Å². The highest BCUT2D eigenvalue weighted by Gasteiger charge is 1.93. The van der Waals surface area contributed by atoms with Gasteiger partial charge in [-0.25, -0.2) is 0 Å². The molecule has 0 fully saturated rings. The predicted octanol–water partition coefficient (Wildman–Crippen LogP) is 2.72. The van der Waals surface area contributed by atoms with Crippen molar-refractivity contribution in [3.8, 4) is 0 Å². The summed E-state index contributed by atoms with van der Waals surface area (Å²) < 4.78 is 0. The fraction of sp³-hybridized carbons (Fsp3) is 1.00. The van der Waals surface area contributed by atoms with Crippen LogP contribution in [0.25, 0.3) is 0 Å². The molecule has 1 rings (SSSR count). The van der Waals surface area contributed by atoms with Crippen molar-refractivity contribution in [2.45, 2.75) is 38.5 Å². The first kappa shape index (κ1) is 8.50. The van der Waals surface area contributed by atoms with Crippen molar-refractivity contribution in [3.63, 3.8) is 0 Å². The third-order valence-corrected chi connectivity index (χ3v) is 1.86. The van der Waals surface area contributed by atoms with Crippen LogP contribution >= 0.6 is 0 Å². The van der Waals surface area contributed by atoms with Gasteiger partial charge in [0.05, 0.1) is 6.54 Å². The van der Waals surface area contributed by atoms with E-state index in [9.17, 15) is 0 Å². The van der Waals surface area contributed by atoms with Crippen LogP contribution < -0.4 is 0 Å². The van der Waals surface area contributed by atoms with Crippen molar-refractivity contribution in [1.29, 1.82) is 0 Å². The minimum atomic E-state index is 0.740. The first-order valence-corrected chi connectivity index (χ1v) is 4.49. The lowest BCUT2D eigenvalue weighted by Gasteiger charge is -1.97. The largest absolute Gasteiger partial charge is 0.380 e. The monoisotopic (exact) mass is 156 g/mol. The standard InChI is InChI=1S/C8H16N2O/c1-2-4-6-8-11-10-9-7-5-3-1/h1-8H2. The summed E-state index contributed by atoms with van der Waals surface area (Å²) in [6.45, 7) is 1.57. The number of hydrogen-bond acceptors (Lipinski definition) is 3. The molecule has 0 unspecified atom stereocenters. The van der Waals surface area contributed by atoms with Gasteiger partial charge in [-0.05, 0) is 19.3 Å². The molecule has 1 aliphatic rings. The first-order chi connectivity index (χ1) is 5.50. The zero-order chi connectivity index (χ0) is 7.78. The van der Waals surface area contributed by atoms with Crippen LogP contribution in [0.3, 0.4) is 0 Å². The zero-order valence-corrected chi connectivity index (χ0v) is 6.96. The van der Waals surface area contributed by atoms with Gasteiger partial charge in [-0.15, -0.1) is 0 Å². The minimum Gasteiger partial charge on any atom is -0.380 e. The third-order valence-electron chi connectivity index (χ3n) is 1.86. The van der Waals surface area contributed by atoms with Crippen molar-refractivity contribution in [1.82, 2.24) is 0 Å². The maximum Gasteiger partial charge on any atom is 0.119 e. The molecule has 0 aliphatic carbocycles. The van der Waals surface area contributed by atoms with Crippen LogP contribution in [0.4, 0.5) is 0 Å². The highest BCUT2D eigenvalue weighted by molar-refractivity contribution is 4.47. The predicted molar refractivity (Wildman–Crippen MR) is 43.4 cm³/mol. The van der Waals surface area contributed by atoms with Crippen LogP contribution in [0.2, 0.25) is 0 Å². The topological polar surface area (TPSA) is 34.0 Å². The van der Waals surface area contributed by atoms with Crippen molar-refractivity contribution in [2.75, 3.05) is 13.2 Å². The quantitative estimate of drug-likeness (QED) is 0.531. The van der Waals surface area contributed by atoms with Crippen LogP contribution in [0.5, 0.6) is 0 Å². The molecule has 3 nitrogen and oxygen atoms in total. The zero-order valence-electron chi connectivity index (χ0n) is 6.96. The lowest BCUT2D eigenvalue weighted by molar-refractivity contribution is 0.118. The Morgan fingerprint density at radius 1 is 0.818 bits per heavy atom. The second kappa shape index (κ2) is 6.13. The van der Waals surface area contributed by atoms with Crippen molar-refractivity contribution in [2.24, 2.45) is 10.4 Å². The lowest BCUT2D eigenvalue weighted by Crippen LogP contribution is -1.86. The van der Waals surface area contributed by atoms with E-state index in [1.54, 1.807) is 0 Å². The van der Waals surface area contributed by atoms with E-state index in [1.165, 1.54) is 25.7 Å². The Kier molecular flexibility index (Phi) is 4.74. The summed E-state index contributed by atoms with van der Waals surface area (Å²) in [5.74, 6) is 0. The number of hydrogen-bond donors (Lipinski definition) is 0. The van der Waals surface area contributed by atoms with Gasteiger partial charge in [0.2, 0.25) is 0 Å². The van der Waals surface area contributed by atoms with E-state index >= 15 is 0 Å². The smallest absolute Gasteiger partial charge is 0.119 e. The van der Waals surface area contributed by atoms with E-state index in [0.29, 0.717) is 0 Å². The van der Waals surface area contributed by atoms with Gasteiger partial charge < -0.3 is 4.84 Å². The molecule has 0 amide bonds. The average molecular weight is 156 g/mol. The van der Waals surface area contributed by atoms with Crippen LogP contribution in [-0.4, -0.2) is 13.2 Å². The minimum absolute atomic E-state index is 0.740. The van der Waals surface area contributed by atoms with Crippen molar-refractivity contribution < 1.29 is 4.84 Å².